The standard InChI is InChI=1S/C48H34N2S2/c1-2-3-24-46-48(50(36-18-9-5-10-19-36)37-20-11-6-12-21-37)47-42(23-15-26-45(47)52-46)49(38-29-27-35(28-30-38)34-16-7-4-8-17-34)39-31-32-44-41(33-39)40-22-13-14-25-43(40)51-44/h2-33H,1H2/b24-3-. The maximum Gasteiger partial charge on any atom is 0.0741 e. The van der Waals surface area contributed by atoms with Gasteiger partial charge in [-0.25, -0.2) is 0 Å². The number of benzene rings is 7. The Morgan fingerprint density at radius 2 is 1.02 bits per heavy atom. The number of rotatable bonds is 9. The monoisotopic (exact) mass is 702 g/mol. The van der Waals surface area contributed by atoms with Crippen molar-refractivity contribution >= 4 is 93.1 Å². The summed E-state index contributed by atoms with van der Waals surface area (Å²) in [7, 11) is 0. The van der Waals surface area contributed by atoms with E-state index in [0.29, 0.717) is 0 Å². The molecule has 0 saturated heterocycles. The fraction of sp³-hybridized carbons (Fsp3) is 0. The number of thiophene rings is 2. The van der Waals surface area contributed by atoms with E-state index in [0.717, 1.165) is 39.0 Å². The van der Waals surface area contributed by atoms with Crippen molar-refractivity contribution in [2.24, 2.45) is 0 Å². The van der Waals surface area contributed by atoms with Gasteiger partial charge in [0.25, 0.3) is 0 Å². The minimum absolute atomic E-state index is 1.09. The molecule has 0 aliphatic rings. The summed E-state index contributed by atoms with van der Waals surface area (Å²) < 4.78 is 3.80. The smallest absolute Gasteiger partial charge is 0.0741 e. The molecule has 2 aromatic heterocycles. The van der Waals surface area contributed by atoms with Gasteiger partial charge in [-0.3, -0.25) is 0 Å². The van der Waals surface area contributed by atoms with E-state index in [1.165, 1.54) is 41.4 Å². The zero-order chi connectivity index (χ0) is 34.9. The molecule has 4 heteroatoms. The van der Waals surface area contributed by atoms with Crippen LogP contribution < -0.4 is 9.80 Å². The first kappa shape index (κ1) is 31.8. The lowest BCUT2D eigenvalue weighted by atomic mass is 10.0. The summed E-state index contributed by atoms with van der Waals surface area (Å²) in [5.74, 6) is 0. The lowest BCUT2D eigenvalue weighted by molar-refractivity contribution is 1.28. The van der Waals surface area contributed by atoms with Crippen LogP contribution in [0.15, 0.2) is 195 Å². The third kappa shape index (κ3) is 5.78. The molecule has 0 radical (unpaired) electrons. The maximum absolute atomic E-state index is 4.01. The predicted molar refractivity (Wildman–Crippen MR) is 229 cm³/mol. The van der Waals surface area contributed by atoms with Gasteiger partial charge in [-0.2, -0.15) is 0 Å². The van der Waals surface area contributed by atoms with Gasteiger partial charge in [0.15, 0.2) is 0 Å². The SMILES string of the molecule is C=C/C=C\c1sc2cccc(N(c3ccc(-c4ccccc4)cc3)c3ccc4sc5ccccc5c4c3)c2c1N(c1ccccc1)c1ccccc1. The van der Waals surface area contributed by atoms with Crippen LogP contribution in [0.25, 0.3) is 47.5 Å². The molecule has 7 aromatic carbocycles. The van der Waals surface area contributed by atoms with Gasteiger partial charge in [0.2, 0.25) is 0 Å². The molecule has 0 amide bonds. The van der Waals surface area contributed by atoms with Crippen molar-refractivity contribution in [2.75, 3.05) is 9.80 Å². The topological polar surface area (TPSA) is 6.48 Å². The molecule has 0 bridgehead atoms. The highest BCUT2D eigenvalue weighted by molar-refractivity contribution is 7.25. The maximum atomic E-state index is 4.01. The number of hydrogen-bond acceptors (Lipinski definition) is 4. The van der Waals surface area contributed by atoms with E-state index in [2.05, 4.69) is 198 Å². The summed E-state index contributed by atoms with van der Waals surface area (Å²) in [6.45, 7) is 4.01. The van der Waals surface area contributed by atoms with Crippen molar-refractivity contribution in [3.8, 4) is 11.1 Å². The van der Waals surface area contributed by atoms with E-state index in [-0.39, 0.29) is 0 Å². The molecule has 0 saturated carbocycles. The van der Waals surface area contributed by atoms with E-state index >= 15 is 0 Å². The minimum atomic E-state index is 1.09. The van der Waals surface area contributed by atoms with Gasteiger partial charge >= 0.3 is 0 Å². The van der Waals surface area contributed by atoms with Crippen molar-refractivity contribution in [2.45, 2.75) is 0 Å². The van der Waals surface area contributed by atoms with Crippen molar-refractivity contribution in [1.82, 2.24) is 0 Å². The molecule has 0 aliphatic carbocycles. The molecule has 248 valence electrons. The van der Waals surface area contributed by atoms with Crippen LogP contribution in [0.1, 0.15) is 4.88 Å². The highest BCUT2D eigenvalue weighted by Gasteiger charge is 2.26. The lowest BCUT2D eigenvalue weighted by Gasteiger charge is -2.30. The fourth-order valence-electron chi connectivity index (χ4n) is 7.08. The second-order valence-electron chi connectivity index (χ2n) is 12.6. The largest absolute Gasteiger partial charge is 0.310 e. The Kier molecular flexibility index (Phi) is 8.45. The van der Waals surface area contributed by atoms with Crippen LogP contribution in [-0.2, 0) is 0 Å². The van der Waals surface area contributed by atoms with Crippen molar-refractivity contribution < 1.29 is 0 Å². The van der Waals surface area contributed by atoms with Crippen molar-refractivity contribution in [1.29, 1.82) is 0 Å². The number of anilines is 6. The van der Waals surface area contributed by atoms with Crippen molar-refractivity contribution in [3.05, 3.63) is 200 Å². The lowest BCUT2D eigenvalue weighted by Crippen LogP contribution is -2.13. The Balaban J connectivity index is 1.33. The molecular weight excluding hydrogens is 669 g/mol. The first-order chi connectivity index (χ1) is 25.8. The summed E-state index contributed by atoms with van der Waals surface area (Å²) in [6.07, 6.45) is 6.08. The fourth-order valence-corrected chi connectivity index (χ4v) is 9.29. The molecule has 2 nitrogen and oxygen atoms in total. The number of para-hydroxylation sites is 2. The van der Waals surface area contributed by atoms with E-state index in [1.54, 1.807) is 0 Å². The first-order valence-electron chi connectivity index (χ1n) is 17.4. The van der Waals surface area contributed by atoms with Gasteiger partial charge in [0, 0.05) is 53.0 Å². The van der Waals surface area contributed by atoms with Crippen LogP contribution in [0.4, 0.5) is 34.1 Å². The number of fused-ring (bicyclic) bond motifs is 4. The summed E-state index contributed by atoms with van der Waals surface area (Å²) in [4.78, 5) is 6.00. The van der Waals surface area contributed by atoms with E-state index in [9.17, 15) is 0 Å². The Morgan fingerprint density at radius 3 is 1.73 bits per heavy atom. The van der Waals surface area contributed by atoms with Gasteiger partial charge in [-0.05, 0) is 90.0 Å². The molecule has 0 fully saturated rings. The van der Waals surface area contributed by atoms with Crippen LogP contribution in [-0.4, -0.2) is 0 Å². The highest BCUT2D eigenvalue weighted by Crippen LogP contribution is 2.52. The Hall–Kier alpha value is -6.20. The van der Waals surface area contributed by atoms with Crippen LogP contribution in [0.3, 0.4) is 0 Å². The third-order valence-corrected chi connectivity index (χ3v) is 11.7. The summed E-state index contributed by atoms with van der Waals surface area (Å²) in [5, 5.41) is 3.74. The summed E-state index contributed by atoms with van der Waals surface area (Å²) in [5.41, 5.74) is 9.05. The summed E-state index contributed by atoms with van der Waals surface area (Å²) >= 11 is 3.66. The van der Waals surface area contributed by atoms with Gasteiger partial charge in [0.05, 0.1) is 16.3 Å². The van der Waals surface area contributed by atoms with Gasteiger partial charge in [-0.15, -0.1) is 22.7 Å². The van der Waals surface area contributed by atoms with Crippen LogP contribution >= 0.6 is 22.7 Å². The molecule has 0 atom stereocenters. The van der Waals surface area contributed by atoms with Crippen molar-refractivity contribution in [3.63, 3.8) is 0 Å². The molecule has 0 unspecified atom stereocenters. The second-order valence-corrected chi connectivity index (χ2v) is 14.8. The predicted octanol–water partition coefficient (Wildman–Crippen LogP) is 15.1. The molecule has 52 heavy (non-hydrogen) atoms. The molecule has 9 rings (SSSR count). The van der Waals surface area contributed by atoms with Crippen LogP contribution in [0.5, 0.6) is 0 Å². The van der Waals surface area contributed by atoms with Gasteiger partial charge in [0.1, 0.15) is 0 Å². The zero-order valence-corrected chi connectivity index (χ0v) is 30.0. The third-order valence-electron chi connectivity index (χ3n) is 9.42. The number of nitrogens with zero attached hydrogens (tertiary/aromatic N) is 2. The minimum Gasteiger partial charge on any atom is -0.310 e. The molecule has 0 aliphatic heterocycles. The Bertz CT molecular complexity index is 2650. The Labute approximate surface area is 312 Å². The average molecular weight is 703 g/mol. The quantitative estimate of drug-likeness (QED) is 0.138. The highest BCUT2D eigenvalue weighted by atomic mass is 32.1. The molecule has 0 N–H and O–H groups in total. The first-order valence-corrected chi connectivity index (χ1v) is 19.0. The number of hydrogen-bond donors (Lipinski definition) is 0. The normalized spacial score (nSPS) is 11.5. The van der Waals surface area contributed by atoms with Gasteiger partial charge in [-0.1, -0.05) is 122 Å². The average Bonchev–Trinajstić information content (AvgIpc) is 3.77. The Morgan fingerprint density at radius 1 is 0.442 bits per heavy atom. The van der Waals surface area contributed by atoms with Crippen LogP contribution in [0, 0.1) is 0 Å². The molecule has 9 aromatic rings. The second kappa shape index (κ2) is 13.8. The van der Waals surface area contributed by atoms with E-state index in [4.69, 9.17) is 0 Å². The van der Waals surface area contributed by atoms with E-state index in [1.807, 2.05) is 34.8 Å². The summed E-state index contributed by atoms with van der Waals surface area (Å²) in [6, 6.07) is 63.3. The number of allylic oxidation sites excluding steroid dienone is 2. The zero-order valence-electron chi connectivity index (χ0n) is 28.4. The molecule has 2 heterocycles. The van der Waals surface area contributed by atoms with Crippen LogP contribution in [0.2, 0.25) is 0 Å². The van der Waals surface area contributed by atoms with E-state index < -0.39 is 0 Å². The van der Waals surface area contributed by atoms with Gasteiger partial charge < -0.3 is 9.80 Å². The molecular formula is C48H34N2S2. The molecule has 0 spiro atoms.